The Morgan fingerprint density at radius 1 is 1.23 bits per heavy atom. The monoisotopic (exact) mass is 346 g/mol. The van der Waals surface area contributed by atoms with Crippen LogP contribution >= 0.6 is 0 Å². The predicted molar refractivity (Wildman–Crippen MR) is 67.9 cm³/mol. The maximum atomic E-state index is 10.2. The average Bonchev–Trinajstić information content (AvgIpc) is 3.10. The maximum Gasteiger partial charge on any atom is 2.00 e. The van der Waals surface area contributed by atoms with Gasteiger partial charge in [0.25, 0.3) is 0 Å². The second kappa shape index (κ2) is 10.3. The van der Waals surface area contributed by atoms with Crippen LogP contribution in [0.15, 0.2) is 31.1 Å². The van der Waals surface area contributed by atoms with Crippen LogP contribution in [0.3, 0.4) is 0 Å². The van der Waals surface area contributed by atoms with Gasteiger partial charge in [-0.1, -0.05) is 0 Å². The van der Waals surface area contributed by atoms with Crippen molar-refractivity contribution in [3.05, 3.63) is 42.5 Å². The summed E-state index contributed by atoms with van der Waals surface area (Å²) in [4.78, 5) is 32.9. The van der Waals surface area contributed by atoms with E-state index >= 15 is 0 Å². The third kappa shape index (κ3) is 8.00. The summed E-state index contributed by atoms with van der Waals surface area (Å²) >= 11 is 0. The first-order chi connectivity index (χ1) is 9.99. The summed E-state index contributed by atoms with van der Waals surface area (Å²) in [5, 5.41) is 20.0. The van der Waals surface area contributed by atoms with E-state index in [0.717, 1.165) is 6.08 Å². The van der Waals surface area contributed by atoms with Crippen molar-refractivity contribution in [2.45, 2.75) is 12.5 Å². The molecule has 1 atom stereocenters. The van der Waals surface area contributed by atoms with Gasteiger partial charge in [-0.3, -0.25) is 0 Å². The molecular formula is C12H13MnN5O4. The maximum absolute atomic E-state index is 10.2. The number of H-pyrrole nitrogens is 2. The summed E-state index contributed by atoms with van der Waals surface area (Å²) < 4.78 is 0. The van der Waals surface area contributed by atoms with E-state index in [4.69, 9.17) is 5.73 Å². The van der Waals surface area contributed by atoms with Crippen molar-refractivity contribution in [2.24, 2.45) is 5.73 Å². The zero-order valence-corrected chi connectivity index (χ0v) is 12.4. The number of carboxylic acids is 2. The van der Waals surface area contributed by atoms with Gasteiger partial charge < -0.3 is 35.5 Å². The second-order valence-corrected chi connectivity index (χ2v) is 3.87. The molecule has 0 fully saturated rings. The molecule has 10 heteroatoms. The number of aromatic nitrogens is 4. The van der Waals surface area contributed by atoms with Crippen LogP contribution in [0.2, 0.25) is 0 Å². The Labute approximate surface area is 136 Å². The topological polar surface area (TPSA) is 164 Å². The minimum Gasteiger partial charge on any atom is -0.548 e. The van der Waals surface area contributed by atoms with E-state index in [9.17, 15) is 19.8 Å². The van der Waals surface area contributed by atoms with Gasteiger partial charge in [0.2, 0.25) is 0 Å². The first-order valence-electron chi connectivity index (χ1n) is 5.80. The standard InChI is InChI=1S/C6H9N3O2.C6H6N2O2.Mn/c7-5(6(10)11)1-4-2-8-3-9-4;9-6(10)2-1-5-3-7-4-8-5;/h2-3,5H,1,7H2,(H,8,9)(H,10,11);1-4H,(H,7,8)(H,9,10);/q;;+2/p-2/t5-;;/m0../s1. The van der Waals surface area contributed by atoms with Crippen molar-refractivity contribution in [3.8, 4) is 0 Å². The van der Waals surface area contributed by atoms with Crippen LogP contribution < -0.4 is 15.9 Å². The number of carbonyl (C=O) groups is 2. The van der Waals surface area contributed by atoms with E-state index in [0.29, 0.717) is 11.4 Å². The minimum absolute atomic E-state index is 0. The summed E-state index contributed by atoms with van der Waals surface area (Å²) in [5.74, 6) is -2.46. The molecule has 0 bridgehead atoms. The van der Waals surface area contributed by atoms with E-state index in [-0.39, 0.29) is 23.5 Å². The van der Waals surface area contributed by atoms with Crippen LogP contribution in [0.1, 0.15) is 11.4 Å². The van der Waals surface area contributed by atoms with Crippen LogP contribution in [0.25, 0.3) is 6.08 Å². The molecule has 2 aromatic rings. The van der Waals surface area contributed by atoms with Gasteiger partial charge in [-0.2, -0.15) is 0 Å². The molecule has 0 unspecified atom stereocenters. The smallest absolute Gasteiger partial charge is 0.548 e. The number of nitrogens with two attached hydrogens (primary N) is 1. The summed E-state index contributed by atoms with van der Waals surface area (Å²) in [6, 6.07) is -0.963. The SMILES string of the molecule is N[C@@H](Cc1cnc[nH]1)C(=O)[O-].O=C([O-])C=Cc1cnc[nH]1.[Mn+2]. The molecular weight excluding hydrogens is 333 g/mol. The van der Waals surface area contributed by atoms with Gasteiger partial charge in [-0.05, 0) is 12.2 Å². The minimum atomic E-state index is -1.25. The average molecular weight is 346 g/mol. The molecule has 0 aromatic carbocycles. The van der Waals surface area contributed by atoms with E-state index in [1.807, 2.05) is 0 Å². The third-order valence-electron chi connectivity index (χ3n) is 2.22. The van der Waals surface area contributed by atoms with Crippen LogP contribution in [0, 0.1) is 0 Å². The van der Waals surface area contributed by atoms with Crippen molar-refractivity contribution in [3.63, 3.8) is 0 Å². The fourth-order valence-corrected chi connectivity index (χ4v) is 1.23. The van der Waals surface area contributed by atoms with Gasteiger partial charge in [0.1, 0.15) is 0 Å². The van der Waals surface area contributed by atoms with Gasteiger partial charge in [-0.15, -0.1) is 0 Å². The molecule has 2 heterocycles. The van der Waals surface area contributed by atoms with Gasteiger partial charge in [0.05, 0.1) is 36.5 Å². The number of hydrogen-bond acceptors (Lipinski definition) is 7. The number of aromatic amines is 2. The zero-order valence-electron chi connectivity index (χ0n) is 11.2. The molecule has 0 saturated carbocycles. The summed E-state index contributed by atoms with van der Waals surface area (Å²) in [6.07, 6.45) is 8.52. The Hall–Kier alpha value is -2.42. The molecule has 4 N–H and O–H groups in total. The Morgan fingerprint density at radius 2 is 1.86 bits per heavy atom. The number of imidazole rings is 2. The largest absolute Gasteiger partial charge is 2.00 e. The number of nitrogens with one attached hydrogen (secondary N) is 2. The Balaban J connectivity index is 0.000000385. The van der Waals surface area contributed by atoms with Crippen LogP contribution in [0.4, 0.5) is 0 Å². The Bertz CT molecular complexity index is 583. The fourth-order valence-electron chi connectivity index (χ4n) is 1.23. The molecule has 2 aromatic heterocycles. The molecule has 117 valence electrons. The van der Waals surface area contributed by atoms with Crippen LogP contribution in [0.5, 0.6) is 0 Å². The van der Waals surface area contributed by atoms with E-state index < -0.39 is 18.0 Å². The second-order valence-electron chi connectivity index (χ2n) is 3.87. The molecule has 0 aliphatic rings. The quantitative estimate of drug-likeness (QED) is 0.389. The Kier molecular flexibility index (Phi) is 9.19. The van der Waals surface area contributed by atoms with Crippen LogP contribution in [-0.4, -0.2) is 37.9 Å². The number of hydrogen-bond donors (Lipinski definition) is 3. The van der Waals surface area contributed by atoms with E-state index in [2.05, 4.69) is 19.9 Å². The summed E-state index contributed by atoms with van der Waals surface area (Å²) in [7, 11) is 0. The number of rotatable bonds is 5. The Morgan fingerprint density at radius 3 is 2.32 bits per heavy atom. The van der Waals surface area contributed by atoms with Crippen molar-refractivity contribution in [2.75, 3.05) is 0 Å². The summed E-state index contributed by atoms with van der Waals surface area (Å²) in [5.41, 5.74) is 6.54. The van der Waals surface area contributed by atoms with Gasteiger partial charge in [-0.25, -0.2) is 9.97 Å². The van der Waals surface area contributed by atoms with Gasteiger partial charge in [0.15, 0.2) is 0 Å². The molecule has 9 nitrogen and oxygen atoms in total. The van der Waals surface area contributed by atoms with Crippen molar-refractivity contribution >= 4 is 18.0 Å². The first kappa shape index (κ1) is 19.6. The van der Waals surface area contributed by atoms with E-state index in [1.54, 1.807) is 0 Å². The van der Waals surface area contributed by atoms with Gasteiger partial charge >= 0.3 is 17.1 Å². The molecule has 2 rings (SSSR count). The summed E-state index contributed by atoms with van der Waals surface area (Å²) in [6.45, 7) is 0. The molecule has 1 radical (unpaired) electrons. The number of nitrogens with zero attached hydrogens (tertiary/aromatic N) is 2. The number of aliphatic carboxylic acids is 2. The van der Waals surface area contributed by atoms with Crippen molar-refractivity contribution in [1.29, 1.82) is 0 Å². The zero-order chi connectivity index (χ0) is 15.7. The van der Waals surface area contributed by atoms with Crippen molar-refractivity contribution in [1.82, 2.24) is 19.9 Å². The normalized spacial score (nSPS) is 11.1. The molecule has 0 aliphatic heterocycles. The van der Waals surface area contributed by atoms with Gasteiger partial charge in [0, 0.05) is 24.4 Å². The fraction of sp³-hybridized carbons (Fsp3) is 0.167. The third-order valence-corrected chi connectivity index (χ3v) is 2.22. The predicted octanol–water partition coefficient (Wildman–Crippen LogP) is -2.80. The van der Waals surface area contributed by atoms with E-state index in [1.165, 1.54) is 31.1 Å². The molecule has 22 heavy (non-hydrogen) atoms. The number of carbonyl (C=O) groups excluding carboxylic acids is 2. The van der Waals surface area contributed by atoms with Crippen LogP contribution in [-0.2, 0) is 33.1 Å². The molecule has 0 aliphatic carbocycles. The molecule has 0 spiro atoms. The first-order valence-corrected chi connectivity index (χ1v) is 5.80. The number of carboxylic acid groups (broad SMARTS) is 2. The van der Waals surface area contributed by atoms with Crippen molar-refractivity contribution < 1.29 is 36.9 Å². The molecule has 0 saturated heterocycles. The molecule has 0 amide bonds.